The molecule has 0 saturated carbocycles. The zero-order chi connectivity index (χ0) is 102. The number of ether oxygens (including phenoxy) is 4. The van der Waals surface area contributed by atoms with Crippen molar-refractivity contribution in [3.63, 3.8) is 0 Å². The molecule has 6 N–H and O–H groups in total. The smallest absolute Gasteiger partial charge is 0.408 e. The third-order valence-corrected chi connectivity index (χ3v) is 23.9. The van der Waals surface area contributed by atoms with Gasteiger partial charge < -0.3 is 55.5 Å². The van der Waals surface area contributed by atoms with E-state index >= 15 is 0 Å². The molecule has 11 heterocycles. The van der Waals surface area contributed by atoms with E-state index in [-0.39, 0.29) is 121 Å². The van der Waals surface area contributed by atoms with Gasteiger partial charge >= 0.3 is 24.4 Å². The minimum absolute atomic E-state index is 0.00706. The van der Waals surface area contributed by atoms with E-state index in [9.17, 15) is 106 Å². The number of carbonyl (C=O) groups excluding carboxylic acids is 10. The van der Waals surface area contributed by atoms with Crippen LogP contribution in [0.5, 0.6) is 0 Å². The molecule has 4 aromatic heterocycles. The fourth-order valence-corrected chi connectivity index (χ4v) is 17.9. The second kappa shape index (κ2) is 42.0. The van der Waals surface area contributed by atoms with Crippen molar-refractivity contribution in [1.82, 2.24) is 61.2 Å². The molecule has 0 bridgehead atoms. The minimum atomic E-state index is -1.70. The van der Waals surface area contributed by atoms with Gasteiger partial charge in [0.2, 0.25) is 0 Å². The van der Waals surface area contributed by atoms with Crippen LogP contribution in [0.2, 0.25) is 0 Å². The van der Waals surface area contributed by atoms with Crippen LogP contribution >= 0.6 is 45.3 Å². The van der Waals surface area contributed by atoms with Gasteiger partial charge in [0.15, 0.2) is 136 Å². The van der Waals surface area contributed by atoms with Gasteiger partial charge in [-0.2, -0.15) is 0 Å². The third kappa shape index (κ3) is 23.7. The molecular formula is C92H90F12N16O15S4. The molecule has 736 valence electrons. The topological polar surface area (TPSA) is 399 Å². The number of alkyl carbamates (subject to hydrolysis) is 4. The number of thiazole rings is 4. The van der Waals surface area contributed by atoms with Gasteiger partial charge in [-0.1, -0.05) is 24.3 Å². The molecule has 139 heavy (non-hydrogen) atoms. The van der Waals surface area contributed by atoms with E-state index in [0.717, 1.165) is 81.0 Å². The van der Waals surface area contributed by atoms with Gasteiger partial charge in [-0.15, -0.1) is 45.3 Å². The first-order valence-electron chi connectivity index (χ1n) is 42.4. The van der Waals surface area contributed by atoms with Crippen LogP contribution in [0.15, 0.2) is 160 Å². The van der Waals surface area contributed by atoms with Crippen molar-refractivity contribution >= 4 is 128 Å². The molecule has 6 amide bonds. The molecule has 7 aliphatic rings. The number of amides is 6. The van der Waals surface area contributed by atoms with Crippen LogP contribution in [-0.4, -0.2) is 182 Å². The van der Waals surface area contributed by atoms with Crippen molar-refractivity contribution < 1.29 is 125 Å². The van der Waals surface area contributed by atoms with Gasteiger partial charge in [-0.3, -0.25) is 58.5 Å². The lowest BCUT2D eigenvalue weighted by Gasteiger charge is -2.31. The van der Waals surface area contributed by atoms with Crippen molar-refractivity contribution in [2.24, 2.45) is 20.0 Å². The van der Waals surface area contributed by atoms with Gasteiger partial charge in [-0.05, 0) is 135 Å². The van der Waals surface area contributed by atoms with Crippen molar-refractivity contribution in [3.8, 4) is 0 Å². The predicted molar refractivity (Wildman–Crippen MR) is 483 cm³/mol. The molecule has 0 radical (unpaired) electrons. The molecule has 31 nitrogen and oxygen atoms in total. The Morgan fingerprint density at radius 2 is 0.719 bits per heavy atom. The molecule has 7 aliphatic heterocycles. The molecule has 3 fully saturated rings. The Morgan fingerprint density at radius 1 is 0.410 bits per heavy atom. The van der Waals surface area contributed by atoms with Crippen molar-refractivity contribution in [2.75, 3.05) is 13.2 Å². The van der Waals surface area contributed by atoms with Gasteiger partial charge in [0, 0.05) is 146 Å². The van der Waals surface area contributed by atoms with Crippen molar-refractivity contribution in [1.29, 1.82) is 0 Å². The number of nitrogens with one attached hydrogen (secondary N) is 5. The maximum Gasteiger partial charge on any atom is 0.408 e. The number of hydrogen-bond acceptors (Lipinski definition) is 29. The number of amidine groups is 4. The Labute approximate surface area is 801 Å². The van der Waals surface area contributed by atoms with E-state index in [2.05, 4.69) is 66.5 Å². The van der Waals surface area contributed by atoms with E-state index in [0.29, 0.717) is 21.5 Å². The number of benzene rings is 4. The Kier molecular flexibility index (Phi) is 31.6. The highest BCUT2D eigenvalue weighted by molar-refractivity contribution is 7.12. The van der Waals surface area contributed by atoms with Crippen LogP contribution < -0.4 is 26.6 Å². The lowest BCUT2D eigenvalue weighted by Crippen LogP contribution is -2.45. The molecule has 8 aromatic rings. The fraction of sp³-hybridized carbons (Fsp3) is 0.370. The normalized spacial score (nSPS) is 19.3. The van der Waals surface area contributed by atoms with Gasteiger partial charge in [-0.25, -0.2) is 91.8 Å². The van der Waals surface area contributed by atoms with Crippen molar-refractivity contribution in [3.05, 3.63) is 252 Å². The number of ketones is 4. The predicted octanol–water partition coefficient (Wildman–Crippen LogP) is 16.3. The first kappa shape index (κ1) is 104. The zero-order valence-corrected chi connectivity index (χ0v) is 80.1. The molecule has 4 aromatic carbocycles. The summed E-state index contributed by atoms with van der Waals surface area (Å²) in [6.45, 7) is 25.0. The number of aliphatic hydroxyl groups is 1. The summed E-state index contributed by atoms with van der Waals surface area (Å²) < 4.78 is 191. The number of aliphatic hydroxyl groups excluding tert-OH is 1. The first-order chi connectivity index (χ1) is 65.1. The molecule has 0 unspecified atom stereocenters. The minimum Gasteiger partial charge on any atom is -0.444 e. The summed E-state index contributed by atoms with van der Waals surface area (Å²) in [4.78, 5) is 165. The summed E-state index contributed by atoms with van der Waals surface area (Å²) in [5.74, 6) is -20.7. The van der Waals surface area contributed by atoms with Crippen LogP contribution in [-0.2, 0) is 47.7 Å². The van der Waals surface area contributed by atoms with Crippen LogP contribution in [0.4, 0.5) is 71.9 Å². The number of nitrogens with zero attached hydrogens (tertiary/aromatic N) is 11. The first-order valence-corrected chi connectivity index (χ1v) is 45.9. The van der Waals surface area contributed by atoms with Gasteiger partial charge in [0.1, 0.15) is 58.7 Å². The Hall–Kier alpha value is -13.5. The van der Waals surface area contributed by atoms with E-state index in [1.165, 1.54) is 69.0 Å². The van der Waals surface area contributed by atoms with Crippen molar-refractivity contribution in [2.45, 2.75) is 207 Å². The van der Waals surface area contributed by atoms with Gasteiger partial charge in [0.25, 0.3) is 11.8 Å². The average Bonchev–Trinajstić information content (AvgIpc) is 1.61. The largest absolute Gasteiger partial charge is 0.444 e. The Balaban J connectivity index is 0.000000166. The molecule has 0 aliphatic carbocycles. The highest BCUT2D eigenvalue weighted by Gasteiger charge is 2.51. The van der Waals surface area contributed by atoms with E-state index in [1.807, 2.05) is 0 Å². The number of carbonyl (C=O) groups is 10. The van der Waals surface area contributed by atoms with Crippen LogP contribution in [0, 0.1) is 69.8 Å². The number of halogens is 12. The average molecular weight is 2020 g/mol. The number of fused-ring (bicyclic) bond motifs is 3. The highest BCUT2D eigenvalue weighted by atomic mass is 32.1. The molecule has 0 spiro atoms. The maximum atomic E-state index is 14.8. The molecule has 15 rings (SSSR count). The monoisotopic (exact) mass is 2010 g/mol. The summed E-state index contributed by atoms with van der Waals surface area (Å²) in [7, 11) is 0. The van der Waals surface area contributed by atoms with E-state index in [1.54, 1.807) is 116 Å². The quantitative estimate of drug-likeness (QED) is 0.0249. The number of Topliss-reactive ketones (excluding diaryl/α,β-unsaturated/α-hetero) is 4. The molecule has 47 heteroatoms. The number of aliphatic imine (C=N–C) groups is 4. The van der Waals surface area contributed by atoms with Crippen LogP contribution in [0.25, 0.3) is 0 Å². The number of aromatic nitrogens is 4. The highest BCUT2D eigenvalue weighted by Crippen LogP contribution is 2.47. The molecule has 8 atom stereocenters. The molecule has 3 saturated heterocycles. The zero-order valence-electron chi connectivity index (χ0n) is 76.8. The standard InChI is InChI=1S/2C23H21F3N4O4S.C23H25F3N4O4S.C23H23F3N4O3S/c2*1-10(31)15-14-9-13(28-22(33)34-23(2,3)4)21(32)30(14)19(20-27-7-8-35-20)29-18(15)11-5-6-12(24)17(26)16(11)25;1-11(32)16-15(9-12(10-31)28-22(33)34-23(2,3)4)29-20(21-27-7-8-35-21)30-19(16)13-5-6-14(24)18(26)17(13)25;1-11(31)16-15-9-12(28-22(32)33-23(2,3)4)10-30(15)20(21-27-7-8-34-21)29-19(16)13-5-6-14(24)18(26)17(13)25/h2*5-8,13,18H,9H2,1-4H3,(H,28,33);5-8,12,19,31H,9-10H2,1-4H3,(H,28,33)(H,29,30);5-8,12,19H,9-10H2,1-4H3,(H,28,32)/t2*13-,18-;2*12-,19-/m0000/s1. The Bertz CT molecular complexity index is 6290. The third-order valence-electron chi connectivity index (χ3n) is 20.8. The summed E-state index contributed by atoms with van der Waals surface area (Å²) in [6.07, 6.45) is 2.84. The SMILES string of the molecule is CC(=O)C1=C(C[C@@H](CO)NC(=O)OC(C)(C)C)NC(c2nccs2)=N[C@H]1c1ccc(F)c(F)c1F.CC(=O)C1=C2C[C@H](NC(=O)OC(C)(C)C)C(=O)N2C(c2nccs2)=N[C@H]1c1ccc(F)c(F)c1F.CC(=O)C1=C2C[C@H](NC(=O)OC(C)(C)C)C(=O)N2C(c2nccs2)=N[C@H]1c1ccc(F)c(F)c1F.CC(=O)C1=C2C[C@H](NC(=O)OC(C)(C)C)CN2C(c2nccs2)=N[C@H]1c1ccc(F)c(F)c1F. The second-order valence-electron chi connectivity index (χ2n) is 35.7. The molecular weight excluding hydrogens is 1930 g/mol. The van der Waals surface area contributed by atoms with Crippen LogP contribution in [0.1, 0.15) is 203 Å². The summed E-state index contributed by atoms with van der Waals surface area (Å²) in [5, 5.41) is 31.3. The lowest BCUT2D eigenvalue weighted by atomic mass is 9.90. The van der Waals surface area contributed by atoms with E-state index in [4.69, 9.17) is 18.9 Å². The second-order valence-corrected chi connectivity index (χ2v) is 39.3. The van der Waals surface area contributed by atoms with E-state index < -0.39 is 206 Å². The fourth-order valence-electron chi connectivity index (χ4n) is 15.4. The summed E-state index contributed by atoms with van der Waals surface area (Å²) >= 11 is 4.77. The number of hydrogen-bond donors (Lipinski definition) is 6. The summed E-state index contributed by atoms with van der Waals surface area (Å²) in [6, 6.07) is -1.59. The lowest BCUT2D eigenvalue weighted by molar-refractivity contribution is -0.126. The Morgan fingerprint density at radius 3 is 1.04 bits per heavy atom. The number of rotatable bonds is 19. The van der Waals surface area contributed by atoms with Gasteiger partial charge in [0.05, 0.1) is 18.7 Å². The maximum absolute atomic E-state index is 14.8. The van der Waals surface area contributed by atoms with Crippen LogP contribution in [0.3, 0.4) is 0 Å². The summed E-state index contributed by atoms with van der Waals surface area (Å²) in [5.41, 5.74) is -3.40.